The molecule has 0 unspecified atom stereocenters. The van der Waals surface area contributed by atoms with E-state index in [-0.39, 0.29) is 5.70 Å². The van der Waals surface area contributed by atoms with Gasteiger partial charge in [-0.05, 0) is 35.9 Å². The lowest BCUT2D eigenvalue weighted by Gasteiger charge is -2.13. The molecule has 0 atom stereocenters. The number of urea groups is 1. The highest BCUT2D eigenvalue weighted by Crippen LogP contribution is 2.29. The highest BCUT2D eigenvalue weighted by Gasteiger charge is 2.35. The third kappa shape index (κ3) is 2.71. The van der Waals surface area contributed by atoms with Crippen molar-refractivity contribution in [3.05, 3.63) is 69.8 Å². The lowest BCUT2D eigenvalue weighted by Crippen LogP contribution is -2.30. The Morgan fingerprint density at radius 1 is 0.955 bits per heavy atom. The fraction of sp³-hybridized carbons (Fsp3) is 0. The van der Waals surface area contributed by atoms with E-state index < -0.39 is 11.9 Å². The molecule has 2 aromatic carbocycles. The molecule has 0 radical (unpaired) electrons. The zero-order chi connectivity index (χ0) is 15.7. The van der Waals surface area contributed by atoms with Crippen LogP contribution in [0.4, 0.5) is 10.5 Å². The molecule has 1 aliphatic heterocycles. The van der Waals surface area contributed by atoms with Crippen molar-refractivity contribution in [2.24, 2.45) is 0 Å². The van der Waals surface area contributed by atoms with Crippen LogP contribution in [-0.4, -0.2) is 11.9 Å². The molecule has 4 nitrogen and oxygen atoms in total. The Morgan fingerprint density at radius 3 is 2.32 bits per heavy atom. The molecule has 6 heteroatoms. The van der Waals surface area contributed by atoms with Crippen molar-refractivity contribution in [2.45, 2.75) is 0 Å². The van der Waals surface area contributed by atoms with Gasteiger partial charge >= 0.3 is 6.03 Å². The summed E-state index contributed by atoms with van der Waals surface area (Å²) in [5, 5.41) is 3.48. The summed E-state index contributed by atoms with van der Waals surface area (Å²) < 4.78 is 0. The first kappa shape index (κ1) is 14.6. The molecule has 1 fully saturated rings. The van der Waals surface area contributed by atoms with Crippen LogP contribution in [0.2, 0.25) is 10.0 Å². The highest BCUT2D eigenvalue weighted by atomic mass is 35.5. The molecule has 1 heterocycles. The first-order valence-electron chi connectivity index (χ1n) is 6.43. The second kappa shape index (κ2) is 5.83. The monoisotopic (exact) mass is 332 g/mol. The molecule has 0 aliphatic carbocycles. The molecule has 1 aliphatic rings. The molecule has 110 valence electrons. The Hall–Kier alpha value is -2.30. The van der Waals surface area contributed by atoms with Gasteiger partial charge in [0.1, 0.15) is 5.70 Å². The first-order valence-corrected chi connectivity index (χ1v) is 7.19. The van der Waals surface area contributed by atoms with Gasteiger partial charge in [0.05, 0.1) is 10.7 Å². The van der Waals surface area contributed by atoms with Crippen LogP contribution in [-0.2, 0) is 4.79 Å². The molecule has 0 aromatic heterocycles. The van der Waals surface area contributed by atoms with Crippen molar-refractivity contribution in [3.8, 4) is 0 Å². The summed E-state index contributed by atoms with van der Waals surface area (Å²) >= 11 is 11.9. The zero-order valence-electron chi connectivity index (χ0n) is 11.2. The van der Waals surface area contributed by atoms with E-state index in [2.05, 4.69) is 5.32 Å². The van der Waals surface area contributed by atoms with E-state index in [1.807, 2.05) is 0 Å². The van der Waals surface area contributed by atoms with Gasteiger partial charge in [0.15, 0.2) is 0 Å². The van der Waals surface area contributed by atoms with Gasteiger partial charge < -0.3 is 5.32 Å². The Kier molecular flexibility index (Phi) is 3.88. The zero-order valence-corrected chi connectivity index (χ0v) is 12.7. The van der Waals surface area contributed by atoms with Crippen LogP contribution < -0.4 is 10.2 Å². The van der Waals surface area contributed by atoms with Crippen molar-refractivity contribution in [1.29, 1.82) is 0 Å². The SMILES string of the molecule is O=C1N/C(=C/c2ccc(Cl)cc2)C(=O)N1c1ccccc1Cl. The van der Waals surface area contributed by atoms with Crippen LogP contribution in [0.3, 0.4) is 0 Å². The number of amides is 3. The minimum Gasteiger partial charge on any atom is -0.302 e. The number of carbonyl (C=O) groups is 2. The van der Waals surface area contributed by atoms with Gasteiger partial charge in [0, 0.05) is 5.02 Å². The van der Waals surface area contributed by atoms with Gasteiger partial charge in [0.25, 0.3) is 5.91 Å². The lowest BCUT2D eigenvalue weighted by molar-refractivity contribution is -0.113. The van der Waals surface area contributed by atoms with E-state index in [9.17, 15) is 9.59 Å². The Balaban J connectivity index is 1.95. The second-order valence-electron chi connectivity index (χ2n) is 4.63. The summed E-state index contributed by atoms with van der Waals surface area (Å²) in [5.41, 5.74) is 1.30. The van der Waals surface area contributed by atoms with E-state index in [1.54, 1.807) is 54.6 Å². The van der Waals surface area contributed by atoms with E-state index in [4.69, 9.17) is 23.2 Å². The van der Waals surface area contributed by atoms with Crippen LogP contribution >= 0.6 is 23.2 Å². The van der Waals surface area contributed by atoms with E-state index >= 15 is 0 Å². The smallest absolute Gasteiger partial charge is 0.302 e. The highest BCUT2D eigenvalue weighted by molar-refractivity contribution is 6.37. The van der Waals surface area contributed by atoms with E-state index in [0.717, 1.165) is 10.5 Å². The number of nitrogens with zero attached hydrogens (tertiary/aromatic N) is 1. The normalized spacial score (nSPS) is 16.3. The number of hydrogen-bond donors (Lipinski definition) is 1. The Bertz CT molecular complexity index is 785. The quantitative estimate of drug-likeness (QED) is 0.665. The van der Waals surface area contributed by atoms with Crippen molar-refractivity contribution >= 4 is 46.9 Å². The maximum atomic E-state index is 12.4. The average Bonchev–Trinajstić information content (AvgIpc) is 2.77. The molecular weight excluding hydrogens is 323 g/mol. The maximum absolute atomic E-state index is 12.4. The molecule has 0 spiro atoms. The summed E-state index contributed by atoms with van der Waals surface area (Å²) in [5.74, 6) is -0.451. The van der Waals surface area contributed by atoms with Crippen LogP contribution in [0.15, 0.2) is 54.2 Å². The summed E-state index contributed by atoms with van der Waals surface area (Å²) in [6.07, 6.45) is 1.59. The van der Waals surface area contributed by atoms with E-state index in [1.165, 1.54) is 0 Å². The van der Waals surface area contributed by atoms with E-state index in [0.29, 0.717) is 15.7 Å². The van der Waals surface area contributed by atoms with Gasteiger partial charge in [-0.15, -0.1) is 0 Å². The van der Waals surface area contributed by atoms with Gasteiger partial charge in [0.2, 0.25) is 0 Å². The molecule has 22 heavy (non-hydrogen) atoms. The molecule has 0 saturated carbocycles. The standard InChI is InChI=1S/C16H10Cl2N2O2/c17-11-7-5-10(6-8-11)9-13-15(21)20(16(22)19-13)14-4-2-1-3-12(14)18/h1-9H,(H,19,22)/b13-9+. The summed E-state index contributed by atoms with van der Waals surface area (Å²) in [7, 11) is 0. The topological polar surface area (TPSA) is 49.4 Å². The Labute approximate surface area is 136 Å². The third-order valence-corrected chi connectivity index (χ3v) is 3.72. The molecule has 1 saturated heterocycles. The van der Waals surface area contributed by atoms with Crippen molar-refractivity contribution < 1.29 is 9.59 Å². The molecule has 3 amide bonds. The van der Waals surface area contributed by atoms with Crippen LogP contribution in [0.25, 0.3) is 6.08 Å². The number of anilines is 1. The minimum atomic E-state index is -0.529. The molecule has 3 rings (SSSR count). The lowest BCUT2D eigenvalue weighted by atomic mass is 10.2. The number of nitrogens with one attached hydrogen (secondary N) is 1. The first-order chi connectivity index (χ1) is 10.6. The second-order valence-corrected chi connectivity index (χ2v) is 5.48. The van der Waals surface area contributed by atoms with Gasteiger partial charge in [-0.2, -0.15) is 0 Å². The predicted molar refractivity (Wildman–Crippen MR) is 86.9 cm³/mol. The van der Waals surface area contributed by atoms with Crippen LogP contribution in [0.5, 0.6) is 0 Å². The number of halogens is 2. The molecular formula is C16H10Cl2N2O2. The van der Waals surface area contributed by atoms with Crippen LogP contribution in [0, 0.1) is 0 Å². The number of imide groups is 1. The fourth-order valence-corrected chi connectivity index (χ4v) is 2.46. The van der Waals surface area contributed by atoms with Gasteiger partial charge in [-0.25, -0.2) is 9.69 Å². The summed E-state index contributed by atoms with van der Waals surface area (Å²) in [6.45, 7) is 0. The number of benzene rings is 2. The predicted octanol–water partition coefficient (Wildman–Crippen LogP) is 4.09. The number of para-hydroxylation sites is 1. The molecule has 0 bridgehead atoms. The van der Waals surface area contributed by atoms with Crippen molar-refractivity contribution in [2.75, 3.05) is 4.90 Å². The summed E-state index contributed by atoms with van der Waals surface area (Å²) in [6, 6.07) is 13.1. The van der Waals surface area contributed by atoms with Gasteiger partial charge in [-0.1, -0.05) is 47.5 Å². The number of hydrogen-bond acceptors (Lipinski definition) is 2. The molecule has 2 aromatic rings. The Morgan fingerprint density at radius 2 is 1.64 bits per heavy atom. The maximum Gasteiger partial charge on any atom is 0.333 e. The van der Waals surface area contributed by atoms with Crippen LogP contribution in [0.1, 0.15) is 5.56 Å². The minimum absolute atomic E-state index is 0.187. The largest absolute Gasteiger partial charge is 0.333 e. The van der Waals surface area contributed by atoms with Gasteiger partial charge in [-0.3, -0.25) is 4.79 Å². The fourth-order valence-electron chi connectivity index (χ4n) is 2.11. The number of carbonyl (C=O) groups excluding carboxylic acids is 2. The number of rotatable bonds is 2. The third-order valence-electron chi connectivity index (χ3n) is 3.15. The average molecular weight is 333 g/mol. The summed E-state index contributed by atoms with van der Waals surface area (Å²) in [4.78, 5) is 25.5. The van der Waals surface area contributed by atoms with Crippen molar-refractivity contribution in [1.82, 2.24) is 5.32 Å². The molecule has 1 N–H and O–H groups in total. The van der Waals surface area contributed by atoms with Crippen molar-refractivity contribution in [3.63, 3.8) is 0 Å².